The first-order chi connectivity index (χ1) is 9.51. The second kappa shape index (κ2) is 8.53. The number of nitrogens with one attached hydrogen (secondary N) is 1. The minimum Gasteiger partial charge on any atom is -0.469 e. The van der Waals surface area contributed by atoms with Crippen LogP contribution in [0, 0.1) is 5.92 Å². The molecule has 1 saturated heterocycles. The fraction of sp³-hybridized carbons (Fsp3) is 0.909. The number of esters is 1. The molecule has 118 valence electrons. The van der Waals surface area contributed by atoms with Crippen LogP contribution >= 0.6 is 0 Å². The molecule has 0 aromatic rings. The second-order valence-electron chi connectivity index (χ2n) is 4.43. The van der Waals surface area contributed by atoms with Crippen molar-refractivity contribution in [2.75, 3.05) is 46.6 Å². The Morgan fingerprint density at radius 2 is 2.00 bits per heavy atom. The highest BCUT2D eigenvalue weighted by atomic mass is 32.2. The summed E-state index contributed by atoms with van der Waals surface area (Å²) in [6.07, 6.45) is 0.934. The van der Waals surface area contributed by atoms with Crippen LogP contribution in [0.4, 0.5) is 0 Å². The van der Waals surface area contributed by atoms with Crippen molar-refractivity contribution >= 4 is 16.2 Å². The predicted octanol–water partition coefficient (Wildman–Crippen LogP) is -1.29. The van der Waals surface area contributed by atoms with Crippen LogP contribution in [0.5, 0.6) is 0 Å². The largest absolute Gasteiger partial charge is 0.469 e. The van der Waals surface area contributed by atoms with Crippen LogP contribution < -0.4 is 4.72 Å². The molecule has 1 aliphatic heterocycles. The lowest BCUT2D eigenvalue weighted by molar-refractivity contribution is -0.146. The van der Waals surface area contributed by atoms with Crippen LogP contribution in [-0.2, 0) is 24.5 Å². The molecule has 0 saturated carbocycles. The molecule has 8 nitrogen and oxygen atoms in total. The molecule has 9 heteroatoms. The van der Waals surface area contributed by atoms with Gasteiger partial charge in [-0.25, -0.2) is 0 Å². The smallest absolute Gasteiger partial charge is 0.308 e. The number of rotatable bonds is 8. The summed E-state index contributed by atoms with van der Waals surface area (Å²) in [6, 6.07) is 0. The molecular weight excluding hydrogens is 288 g/mol. The van der Waals surface area contributed by atoms with Crippen LogP contribution in [0.25, 0.3) is 0 Å². The van der Waals surface area contributed by atoms with E-state index in [2.05, 4.69) is 9.46 Å². The summed E-state index contributed by atoms with van der Waals surface area (Å²) in [6.45, 7) is 1.05. The highest BCUT2D eigenvalue weighted by molar-refractivity contribution is 7.87. The van der Waals surface area contributed by atoms with Gasteiger partial charge in [0.2, 0.25) is 0 Å². The fourth-order valence-electron chi connectivity index (χ4n) is 2.00. The molecule has 0 aromatic heterocycles. The van der Waals surface area contributed by atoms with E-state index in [9.17, 15) is 13.2 Å². The zero-order valence-electron chi connectivity index (χ0n) is 11.6. The molecule has 0 aromatic carbocycles. The SMILES string of the molecule is COC(=O)C1CCN(S(=O)(=O)NCCOCCO)CC1. The molecule has 0 amide bonds. The third-order valence-electron chi connectivity index (χ3n) is 3.09. The van der Waals surface area contributed by atoms with Crippen LogP contribution in [0.3, 0.4) is 0 Å². The second-order valence-corrected chi connectivity index (χ2v) is 6.19. The van der Waals surface area contributed by atoms with Gasteiger partial charge in [0.1, 0.15) is 0 Å². The topological polar surface area (TPSA) is 105 Å². The van der Waals surface area contributed by atoms with E-state index in [4.69, 9.17) is 9.84 Å². The minimum absolute atomic E-state index is 0.0895. The van der Waals surface area contributed by atoms with Gasteiger partial charge in [-0.15, -0.1) is 0 Å². The van der Waals surface area contributed by atoms with Gasteiger partial charge in [0, 0.05) is 19.6 Å². The Balaban J connectivity index is 2.33. The van der Waals surface area contributed by atoms with Gasteiger partial charge in [0.25, 0.3) is 10.2 Å². The summed E-state index contributed by atoms with van der Waals surface area (Å²) in [5, 5.41) is 8.51. The Morgan fingerprint density at radius 3 is 2.55 bits per heavy atom. The average molecular weight is 310 g/mol. The number of piperidine rings is 1. The number of methoxy groups -OCH3 is 1. The van der Waals surface area contributed by atoms with Crippen LogP contribution in [-0.4, -0.2) is 70.4 Å². The molecule has 0 spiro atoms. The van der Waals surface area contributed by atoms with E-state index < -0.39 is 10.2 Å². The summed E-state index contributed by atoms with van der Waals surface area (Å²) < 4.78 is 37.3. The lowest BCUT2D eigenvalue weighted by Crippen LogP contribution is -2.46. The summed E-state index contributed by atoms with van der Waals surface area (Å²) >= 11 is 0. The molecule has 1 heterocycles. The number of hydrogen-bond donors (Lipinski definition) is 2. The minimum atomic E-state index is -3.54. The van der Waals surface area contributed by atoms with E-state index in [1.54, 1.807) is 0 Å². The Bertz CT molecular complexity index is 392. The Hall–Kier alpha value is -0.740. The van der Waals surface area contributed by atoms with Gasteiger partial charge in [-0.3, -0.25) is 4.79 Å². The van der Waals surface area contributed by atoms with Crippen molar-refractivity contribution in [3.05, 3.63) is 0 Å². The number of carbonyl (C=O) groups excluding carboxylic acids is 1. The maximum atomic E-state index is 12.0. The highest BCUT2D eigenvalue weighted by Crippen LogP contribution is 2.19. The van der Waals surface area contributed by atoms with E-state index >= 15 is 0 Å². The van der Waals surface area contributed by atoms with Crippen LogP contribution in [0.15, 0.2) is 0 Å². The lowest BCUT2D eigenvalue weighted by atomic mass is 9.99. The van der Waals surface area contributed by atoms with E-state index in [1.807, 2.05) is 0 Å². The molecule has 0 radical (unpaired) electrons. The zero-order valence-corrected chi connectivity index (χ0v) is 12.4. The van der Waals surface area contributed by atoms with E-state index in [-0.39, 0.29) is 38.3 Å². The van der Waals surface area contributed by atoms with Crippen molar-refractivity contribution in [2.24, 2.45) is 5.92 Å². The van der Waals surface area contributed by atoms with E-state index in [0.29, 0.717) is 25.9 Å². The molecule has 0 atom stereocenters. The van der Waals surface area contributed by atoms with Crippen LogP contribution in [0.1, 0.15) is 12.8 Å². The van der Waals surface area contributed by atoms with Gasteiger partial charge < -0.3 is 14.6 Å². The Morgan fingerprint density at radius 1 is 1.35 bits per heavy atom. The third-order valence-corrected chi connectivity index (χ3v) is 4.71. The van der Waals surface area contributed by atoms with Crippen molar-refractivity contribution in [2.45, 2.75) is 12.8 Å². The van der Waals surface area contributed by atoms with E-state index in [1.165, 1.54) is 11.4 Å². The van der Waals surface area contributed by atoms with Crippen molar-refractivity contribution in [1.29, 1.82) is 0 Å². The number of ether oxygens (including phenoxy) is 2. The highest BCUT2D eigenvalue weighted by Gasteiger charge is 2.31. The molecule has 2 N–H and O–H groups in total. The fourth-order valence-corrected chi connectivity index (χ4v) is 3.21. The lowest BCUT2D eigenvalue weighted by Gasteiger charge is -2.29. The predicted molar refractivity (Wildman–Crippen MR) is 71.1 cm³/mol. The number of carbonyl (C=O) groups is 1. The van der Waals surface area contributed by atoms with Gasteiger partial charge in [0.15, 0.2) is 0 Å². The number of hydrogen-bond acceptors (Lipinski definition) is 6. The molecule has 1 aliphatic rings. The zero-order chi connectivity index (χ0) is 15.0. The number of aliphatic hydroxyl groups excluding tert-OH is 1. The van der Waals surface area contributed by atoms with Crippen LogP contribution in [0.2, 0.25) is 0 Å². The summed E-state index contributed by atoms with van der Waals surface area (Å²) in [5.74, 6) is -0.508. The standard InChI is InChI=1S/C11H22N2O6S/c1-18-11(15)10-2-5-13(6-3-10)20(16,17)12-4-8-19-9-7-14/h10,12,14H,2-9H2,1H3. The monoisotopic (exact) mass is 310 g/mol. The first-order valence-electron chi connectivity index (χ1n) is 6.52. The van der Waals surface area contributed by atoms with Crippen molar-refractivity contribution in [3.63, 3.8) is 0 Å². The third kappa shape index (κ3) is 5.33. The first kappa shape index (κ1) is 17.3. The van der Waals surface area contributed by atoms with Crippen molar-refractivity contribution < 1.29 is 27.8 Å². The maximum Gasteiger partial charge on any atom is 0.308 e. The van der Waals surface area contributed by atoms with E-state index in [0.717, 1.165) is 0 Å². The van der Waals surface area contributed by atoms with Crippen molar-refractivity contribution in [1.82, 2.24) is 9.03 Å². The summed E-state index contributed by atoms with van der Waals surface area (Å²) in [7, 11) is -2.20. The molecule has 1 rings (SSSR count). The van der Waals surface area contributed by atoms with Gasteiger partial charge in [-0.1, -0.05) is 0 Å². The molecule has 0 unspecified atom stereocenters. The molecule has 0 bridgehead atoms. The molecule has 1 fully saturated rings. The van der Waals surface area contributed by atoms with Gasteiger partial charge in [-0.05, 0) is 12.8 Å². The molecular formula is C11H22N2O6S. The first-order valence-corrected chi connectivity index (χ1v) is 7.96. The average Bonchev–Trinajstić information content (AvgIpc) is 2.46. The Labute approximate surface area is 119 Å². The number of aliphatic hydroxyl groups is 1. The van der Waals surface area contributed by atoms with Crippen molar-refractivity contribution in [3.8, 4) is 0 Å². The summed E-state index contributed by atoms with van der Waals surface area (Å²) in [5.41, 5.74) is 0. The summed E-state index contributed by atoms with van der Waals surface area (Å²) in [4.78, 5) is 11.4. The normalized spacial score (nSPS) is 18.1. The van der Waals surface area contributed by atoms with Gasteiger partial charge >= 0.3 is 5.97 Å². The number of nitrogens with zero attached hydrogens (tertiary/aromatic N) is 1. The molecule has 20 heavy (non-hydrogen) atoms. The molecule has 0 aliphatic carbocycles. The Kier molecular flexibility index (Phi) is 7.38. The van der Waals surface area contributed by atoms with Gasteiger partial charge in [0.05, 0.1) is 32.8 Å². The maximum absolute atomic E-state index is 12.0. The van der Waals surface area contributed by atoms with Gasteiger partial charge in [-0.2, -0.15) is 17.4 Å². The quantitative estimate of drug-likeness (QED) is 0.427.